The van der Waals surface area contributed by atoms with E-state index < -0.39 is 5.97 Å². The van der Waals surface area contributed by atoms with E-state index in [2.05, 4.69) is 10.3 Å². The van der Waals surface area contributed by atoms with Crippen LogP contribution in [-0.4, -0.2) is 40.5 Å². The van der Waals surface area contributed by atoms with Gasteiger partial charge in [0.1, 0.15) is 6.04 Å². The van der Waals surface area contributed by atoms with Crippen LogP contribution in [0.15, 0.2) is 42.7 Å². The lowest BCUT2D eigenvalue weighted by Gasteiger charge is -2.17. The van der Waals surface area contributed by atoms with Crippen molar-refractivity contribution in [1.82, 2.24) is 9.55 Å². The average molecular weight is 390 g/mol. The number of carbonyl (C=O) groups is 2. The quantitative estimate of drug-likeness (QED) is 0.622. The summed E-state index contributed by atoms with van der Waals surface area (Å²) in [5, 5.41) is 3.44. The van der Waals surface area contributed by atoms with Gasteiger partial charge >= 0.3 is 5.97 Å². The predicted molar refractivity (Wildman–Crippen MR) is 106 cm³/mol. The molecule has 0 aliphatic carbocycles. The standard InChI is InChI=1S/C18H19N3O3S2/c1-24-17(23)12-5-6-13-15(11-12)26-18(19-13)20-16(22)14(7-10-25-2)21-8-3-4-9-21/h3-6,8-9,11,14H,7,10H2,1-2H3,(H,19,20,22)/t14-/m0/s1. The summed E-state index contributed by atoms with van der Waals surface area (Å²) in [4.78, 5) is 28.9. The van der Waals surface area contributed by atoms with Crippen LogP contribution in [0.3, 0.4) is 0 Å². The van der Waals surface area contributed by atoms with Gasteiger partial charge in [-0.15, -0.1) is 0 Å². The van der Waals surface area contributed by atoms with E-state index in [1.165, 1.54) is 18.4 Å². The van der Waals surface area contributed by atoms with E-state index in [0.717, 1.165) is 22.4 Å². The molecule has 0 bridgehead atoms. The van der Waals surface area contributed by atoms with Crippen molar-refractivity contribution in [3.63, 3.8) is 0 Å². The molecule has 3 rings (SSSR count). The van der Waals surface area contributed by atoms with Crippen LogP contribution in [0.25, 0.3) is 10.2 Å². The number of hydrogen-bond donors (Lipinski definition) is 1. The van der Waals surface area contributed by atoms with Gasteiger partial charge in [0.2, 0.25) is 5.91 Å². The summed E-state index contributed by atoms with van der Waals surface area (Å²) in [6.45, 7) is 0. The highest BCUT2D eigenvalue weighted by atomic mass is 32.2. The maximum atomic E-state index is 12.8. The van der Waals surface area contributed by atoms with Gasteiger partial charge < -0.3 is 14.6 Å². The predicted octanol–water partition coefficient (Wildman–Crippen LogP) is 3.82. The van der Waals surface area contributed by atoms with Crippen molar-refractivity contribution in [2.75, 3.05) is 24.4 Å². The fourth-order valence-electron chi connectivity index (χ4n) is 2.61. The maximum absolute atomic E-state index is 12.8. The summed E-state index contributed by atoms with van der Waals surface area (Å²) in [5.41, 5.74) is 1.20. The summed E-state index contributed by atoms with van der Waals surface area (Å²) < 4.78 is 7.47. The molecule has 6 nitrogen and oxygen atoms in total. The van der Waals surface area contributed by atoms with E-state index >= 15 is 0 Å². The Labute approximate surface area is 159 Å². The van der Waals surface area contributed by atoms with Gasteiger partial charge in [-0.05, 0) is 48.8 Å². The Kier molecular flexibility index (Phi) is 5.95. The molecule has 0 saturated heterocycles. The maximum Gasteiger partial charge on any atom is 0.337 e. The lowest BCUT2D eigenvalue weighted by Crippen LogP contribution is -2.25. The van der Waals surface area contributed by atoms with Crippen LogP contribution in [0.5, 0.6) is 0 Å². The third kappa shape index (κ3) is 4.08. The van der Waals surface area contributed by atoms with Gasteiger partial charge in [0.05, 0.1) is 22.9 Å². The number of nitrogens with zero attached hydrogens (tertiary/aromatic N) is 2. The van der Waals surface area contributed by atoms with E-state index in [9.17, 15) is 9.59 Å². The number of aromatic nitrogens is 2. The van der Waals surface area contributed by atoms with E-state index in [1.54, 1.807) is 30.0 Å². The Bertz CT molecular complexity index is 906. The first-order valence-electron chi connectivity index (χ1n) is 8.03. The number of hydrogen-bond acceptors (Lipinski definition) is 6. The van der Waals surface area contributed by atoms with Crippen molar-refractivity contribution >= 4 is 50.3 Å². The van der Waals surface area contributed by atoms with Gasteiger partial charge in [-0.1, -0.05) is 11.3 Å². The number of carbonyl (C=O) groups excluding carboxylic acids is 2. The molecule has 1 aromatic carbocycles. The van der Waals surface area contributed by atoms with Crippen LogP contribution in [0.2, 0.25) is 0 Å². The number of rotatable bonds is 7. The Morgan fingerprint density at radius 3 is 2.81 bits per heavy atom. The second-order valence-electron chi connectivity index (χ2n) is 5.61. The molecule has 0 fully saturated rings. The van der Waals surface area contributed by atoms with Gasteiger partial charge in [0, 0.05) is 12.4 Å². The van der Waals surface area contributed by atoms with Crippen molar-refractivity contribution in [2.24, 2.45) is 0 Å². The minimum Gasteiger partial charge on any atom is -0.465 e. The largest absolute Gasteiger partial charge is 0.465 e. The van der Waals surface area contributed by atoms with Crippen molar-refractivity contribution in [3.05, 3.63) is 48.3 Å². The van der Waals surface area contributed by atoms with Gasteiger partial charge in [-0.25, -0.2) is 9.78 Å². The average Bonchev–Trinajstić information content (AvgIpc) is 3.30. The number of thioether (sulfide) groups is 1. The van der Waals surface area contributed by atoms with Gasteiger partial charge in [-0.2, -0.15) is 11.8 Å². The third-order valence-corrected chi connectivity index (χ3v) is 5.50. The van der Waals surface area contributed by atoms with Crippen LogP contribution in [0, 0.1) is 0 Å². The van der Waals surface area contributed by atoms with Crippen LogP contribution in [0.4, 0.5) is 5.13 Å². The summed E-state index contributed by atoms with van der Waals surface area (Å²) in [5.74, 6) is 0.400. The molecular weight excluding hydrogens is 370 g/mol. The number of fused-ring (bicyclic) bond motifs is 1. The monoisotopic (exact) mass is 389 g/mol. The van der Waals surface area contributed by atoms with Crippen LogP contribution in [-0.2, 0) is 9.53 Å². The Morgan fingerprint density at radius 1 is 1.35 bits per heavy atom. The summed E-state index contributed by atoms with van der Waals surface area (Å²) >= 11 is 3.05. The summed E-state index contributed by atoms with van der Waals surface area (Å²) in [6, 6.07) is 8.68. The molecule has 1 N–H and O–H groups in total. The van der Waals surface area contributed by atoms with Crippen molar-refractivity contribution in [2.45, 2.75) is 12.5 Å². The molecule has 0 spiro atoms. The fourth-order valence-corrected chi connectivity index (χ4v) is 3.98. The second-order valence-corrected chi connectivity index (χ2v) is 7.63. The smallest absolute Gasteiger partial charge is 0.337 e. The van der Waals surface area contributed by atoms with E-state index in [1.807, 2.05) is 35.3 Å². The minimum absolute atomic E-state index is 0.0949. The molecule has 8 heteroatoms. The highest BCUT2D eigenvalue weighted by molar-refractivity contribution is 7.98. The normalized spacial score (nSPS) is 12.1. The molecule has 2 aromatic heterocycles. The molecule has 0 unspecified atom stereocenters. The summed E-state index contributed by atoms with van der Waals surface area (Å²) in [6.07, 6.45) is 6.55. The number of esters is 1. The first kappa shape index (κ1) is 18.5. The second kappa shape index (κ2) is 8.37. The summed E-state index contributed by atoms with van der Waals surface area (Å²) in [7, 11) is 1.35. The molecule has 0 aliphatic rings. The van der Waals surface area contributed by atoms with Crippen LogP contribution in [0.1, 0.15) is 22.8 Å². The highest BCUT2D eigenvalue weighted by Gasteiger charge is 2.21. The number of anilines is 1. The molecule has 26 heavy (non-hydrogen) atoms. The van der Waals surface area contributed by atoms with Crippen LogP contribution < -0.4 is 5.32 Å². The molecule has 0 saturated carbocycles. The van der Waals surface area contributed by atoms with Crippen molar-refractivity contribution in [3.8, 4) is 0 Å². The zero-order chi connectivity index (χ0) is 18.5. The number of thiazole rings is 1. The van der Waals surface area contributed by atoms with Gasteiger partial charge in [0.15, 0.2) is 5.13 Å². The Hall–Kier alpha value is -2.32. The van der Waals surface area contributed by atoms with E-state index in [0.29, 0.717) is 10.7 Å². The van der Waals surface area contributed by atoms with Crippen molar-refractivity contribution < 1.29 is 14.3 Å². The van der Waals surface area contributed by atoms with E-state index in [-0.39, 0.29) is 11.9 Å². The number of methoxy groups -OCH3 is 1. The first-order valence-corrected chi connectivity index (χ1v) is 10.2. The first-order chi connectivity index (χ1) is 12.6. The molecule has 1 amide bonds. The van der Waals surface area contributed by atoms with E-state index in [4.69, 9.17) is 4.74 Å². The molecule has 3 aromatic rings. The molecule has 0 radical (unpaired) electrons. The lowest BCUT2D eigenvalue weighted by atomic mass is 10.2. The molecule has 1 atom stereocenters. The topological polar surface area (TPSA) is 73.2 Å². The molecule has 136 valence electrons. The molecule has 2 heterocycles. The Morgan fingerprint density at radius 2 is 2.12 bits per heavy atom. The zero-order valence-corrected chi connectivity index (χ0v) is 16.1. The number of ether oxygens (including phenoxy) is 1. The fraction of sp³-hybridized carbons (Fsp3) is 0.278. The van der Waals surface area contributed by atoms with Gasteiger partial charge in [-0.3, -0.25) is 4.79 Å². The highest BCUT2D eigenvalue weighted by Crippen LogP contribution is 2.28. The van der Waals surface area contributed by atoms with Crippen molar-refractivity contribution in [1.29, 1.82) is 0 Å². The number of amides is 1. The molecular formula is C18H19N3O3S2. The zero-order valence-electron chi connectivity index (χ0n) is 14.5. The lowest BCUT2D eigenvalue weighted by molar-refractivity contribution is -0.119. The third-order valence-electron chi connectivity index (χ3n) is 3.93. The van der Waals surface area contributed by atoms with Crippen LogP contribution >= 0.6 is 23.1 Å². The van der Waals surface area contributed by atoms with Gasteiger partial charge in [0.25, 0.3) is 0 Å². The Balaban J connectivity index is 1.80. The number of nitrogens with one attached hydrogen (secondary N) is 1. The minimum atomic E-state index is -0.393. The SMILES string of the molecule is COC(=O)c1ccc2nc(NC(=O)[C@H](CCSC)n3cccc3)sc2c1. The molecule has 0 aliphatic heterocycles. The number of benzene rings is 1.